The number of anilines is 3. The van der Waals surface area contributed by atoms with Gasteiger partial charge in [-0.2, -0.15) is 0 Å². The molecule has 194 valence electrons. The minimum Gasteiger partial charge on any atom is -0.486 e. The number of H-pyrrole nitrogens is 1. The van der Waals surface area contributed by atoms with E-state index in [-0.39, 0.29) is 48.7 Å². The van der Waals surface area contributed by atoms with Gasteiger partial charge in [0.05, 0.1) is 5.92 Å². The van der Waals surface area contributed by atoms with Gasteiger partial charge in [-0.05, 0) is 24.5 Å². The number of aromatic amines is 1. The molecule has 2 aliphatic rings. The lowest BCUT2D eigenvalue weighted by Gasteiger charge is -2.27. The highest BCUT2D eigenvalue weighted by Gasteiger charge is 2.39. The van der Waals surface area contributed by atoms with Crippen molar-refractivity contribution in [2.75, 3.05) is 41.8 Å². The highest BCUT2D eigenvalue weighted by Crippen LogP contribution is 2.36. The number of aromatic nitrogens is 2. The monoisotopic (exact) mass is 499 g/mol. The van der Waals surface area contributed by atoms with Crippen LogP contribution in [0.1, 0.15) is 40.0 Å². The fourth-order valence-electron chi connectivity index (χ4n) is 4.58. The molecular formula is C25H33N5O6. The van der Waals surface area contributed by atoms with E-state index in [9.17, 15) is 19.2 Å². The SMILES string of the molecule is CCCCN(C(=O)[C@@H]1CC(=O)N(c2ccc3c(c2)OCCO3)C1)c1c(N)n(CC(C)C)c(=O)[nH]c1=O. The topological polar surface area (TPSA) is 140 Å². The van der Waals surface area contributed by atoms with Crippen molar-refractivity contribution in [3.8, 4) is 11.5 Å². The summed E-state index contributed by atoms with van der Waals surface area (Å²) in [4.78, 5) is 57.1. The van der Waals surface area contributed by atoms with Crippen LogP contribution in [-0.2, 0) is 16.1 Å². The number of hydrogen-bond donors (Lipinski definition) is 2. The Morgan fingerprint density at radius 2 is 1.92 bits per heavy atom. The van der Waals surface area contributed by atoms with Gasteiger partial charge < -0.3 is 25.0 Å². The molecule has 36 heavy (non-hydrogen) atoms. The number of nitrogens with one attached hydrogen (secondary N) is 1. The number of rotatable bonds is 8. The lowest BCUT2D eigenvalue weighted by atomic mass is 10.1. The van der Waals surface area contributed by atoms with Crippen molar-refractivity contribution in [2.24, 2.45) is 11.8 Å². The number of nitrogens with zero attached hydrogens (tertiary/aromatic N) is 3. The Balaban J connectivity index is 1.64. The van der Waals surface area contributed by atoms with Gasteiger partial charge in [-0.25, -0.2) is 4.79 Å². The maximum atomic E-state index is 13.7. The molecule has 11 heteroatoms. The van der Waals surface area contributed by atoms with Crippen LogP contribution >= 0.6 is 0 Å². The molecule has 0 saturated carbocycles. The minimum atomic E-state index is -0.713. The summed E-state index contributed by atoms with van der Waals surface area (Å²) in [6.45, 7) is 7.41. The molecule has 3 N–H and O–H groups in total. The van der Waals surface area contributed by atoms with Crippen molar-refractivity contribution in [3.05, 3.63) is 39.0 Å². The second kappa shape index (κ2) is 10.5. The van der Waals surface area contributed by atoms with E-state index in [0.29, 0.717) is 43.4 Å². The van der Waals surface area contributed by atoms with E-state index in [1.807, 2.05) is 20.8 Å². The van der Waals surface area contributed by atoms with E-state index < -0.39 is 17.2 Å². The number of nitrogens with two attached hydrogens (primary N) is 1. The zero-order valence-corrected chi connectivity index (χ0v) is 20.9. The van der Waals surface area contributed by atoms with Crippen molar-refractivity contribution in [2.45, 2.75) is 46.6 Å². The van der Waals surface area contributed by atoms with Crippen LogP contribution < -0.4 is 36.3 Å². The Kier molecular flexibility index (Phi) is 7.37. The number of carbonyl (C=O) groups is 2. The molecule has 1 aromatic heterocycles. The van der Waals surface area contributed by atoms with E-state index in [4.69, 9.17) is 15.2 Å². The Labute approximate surface area is 208 Å². The molecule has 3 heterocycles. The zero-order chi connectivity index (χ0) is 26.0. The Hall–Kier alpha value is -3.76. The van der Waals surface area contributed by atoms with Gasteiger partial charge in [-0.15, -0.1) is 0 Å². The first-order valence-corrected chi connectivity index (χ1v) is 12.3. The molecule has 1 fully saturated rings. The molecule has 0 aliphatic carbocycles. The number of amides is 2. The van der Waals surface area contributed by atoms with E-state index >= 15 is 0 Å². The van der Waals surface area contributed by atoms with Gasteiger partial charge in [-0.1, -0.05) is 27.2 Å². The van der Waals surface area contributed by atoms with Crippen LogP contribution in [0.2, 0.25) is 0 Å². The van der Waals surface area contributed by atoms with Crippen LogP contribution in [0.4, 0.5) is 17.2 Å². The smallest absolute Gasteiger partial charge is 0.330 e. The largest absolute Gasteiger partial charge is 0.486 e. The van der Waals surface area contributed by atoms with Gasteiger partial charge in [0.2, 0.25) is 11.8 Å². The third-order valence-corrected chi connectivity index (χ3v) is 6.34. The van der Waals surface area contributed by atoms with Gasteiger partial charge in [0.15, 0.2) is 17.2 Å². The van der Waals surface area contributed by atoms with Crippen LogP contribution in [-0.4, -0.2) is 47.7 Å². The average molecular weight is 500 g/mol. The molecule has 0 unspecified atom stereocenters. The second-order valence-corrected chi connectivity index (χ2v) is 9.57. The first-order valence-electron chi connectivity index (χ1n) is 12.3. The molecule has 2 aliphatic heterocycles. The number of nitrogen functional groups attached to an aromatic ring is 1. The van der Waals surface area contributed by atoms with E-state index in [1.165, 1.54) is 9.47 Å². The zero-order valence-electron chi connectivity index (χ0n) is 20.9. The number of unbranched alkanes of at least 4 members (excludes halogenated alkanes) is 1. The summed E-state index contributed by atoms with van der Waals surface area (Å²) in [5, 5.41) is 0. The van der Waals surface area contributed by atoms with Crippen molar-refractivity contribution in [3.63, 3.8) is 0 Å². The van der Waals surface area contributed by atoms with Gasteiger partial charge in [-0.3, -0.25) is 23.9 Å². The van der Waals surface area contributed by atoms with Crippen LogP contribution in [0, 0.1) is 11.8 Å². The van der Waals surface area contributed by atoms with E-state index in [0.717, 1.165) is 6.42 Å². The first kappa shape index (κ1) is 25.3. The number of hydrogen-bond acceptors (Lipinski definition) is 7. The van der Waals surface area contributed by atoms with Gasteiger partial charge in [0, 0.05) is 37.8 Å². The van der Waals surface area contributed by atoms with Crippen molar-refractivity contribution in [1.29, 1.82) is 0 Å². The Bertz CT molecular complexity index is 1270. The fraction of sp³-hybridized carbons (Fsp3) is 0.520. The first-order chi connectivity index (χ1) is 17.2. The third-order valence-electron chi connectivity index (χ3n) is 6.34. The Morgan fingerprint density at radius 3 is 2.61 bits per heavy atom. The molecule has 2 amide bonds. The van der Waals surface area contributed by atoms with Crippen molar-refractivity contribution >= 4 is 29.0 Å². The maximum absolute atomic E-state index is 13.7. The predicted octanol–water partition coefficient (Wildman–Crippen LogP) is 1.73. The molecule has 1 aromatic carbocycles. The van der Waals surface area contributed by atoms with Crippen LogP contribution in [0.3, 0.4) is 0 Å². The van der Waals surface area contributed by atoms with E-state index in [2.05, 4.69) is 4.98 Å². The average Bonchev–Trinajstić information content (AvgIpc) is 3.24. The van der Waals surface area contributed by atoms with Crippen LogP contribution in [0.25, 0.3) is 0 Å². The number of benzene rings is 1. The number of ether oxygens (including phenoxy) is 2. The maximum Gasteiger partial charge on any atom is 0.330 e. The Morgan fingerprint density at radius 1 is 1.19 bits per heavy atom. The molecule has 0 spiro atoms. The molecule has 1 saturated heterocycles. The van der Waals surface area contributed by atoms with Crippen molar-refractivity contribution in [1.82, 2.24) is 9.55 Å². The lowest BCUT2D eigenvalue weighted by molar-refractivity contribution is -0.124. The molecule has 11 nitrogen and oxygen atoms in total. The predicted molar refractivity (Wildman–Crippen MR) is 136 cm³/mol. The fourth-order valence-corrected chi connectivity index (χ4v) is 4.58. The summed E-state index contributed by atoms with van der Waals surface area (Å²) in [5.74, 6) is -0.0351. The van der Waals surface area contributed by atoms with E-state index in [1.54, 1.807) is 23.1 Å². The molecule has 4 rings (SSSR count). The molecular weight excluding hydrogens is 466 g/mol. The van der Waals surface area contributed by atoms with Gasteiger partial charge >= 0.3 is 5.69 Å². The normalized spacial score (nSPS) is 17.1. The molecule has 1 atom stereocenters. The third kappa shape index (κ3) is 4.95. The summed E-state index contributed by atoms with van der Waals surface area (Å²) < 4.78 is 12.5. The number of carbonyl (C=O) groups excluding carboxylic acids is 2. The quantitative estimate of drug-likeness (QED) is 0.564. The summed E-state index contributed by atoms with van der Waals surface area (Å²) in [5.41, 5.74) is 5.54. The van der Waals surface area contributed by atoms with Gasteiger partial charge in [0.25, 0.3) is 5.56 Å². The summed E-state index contributed by atoms with van der Waals surface area (Å²) in [7, 11) is 0. The molecule has 0 bridgehead atoms. The second-order valence-electron chi connectivity index (χ2n) is 9.57. The number of fused-ring (bicyclic) bond motifs is 1. The summed E-state index contributed by atoms with van der Waals surface area (Å²) in [6.07, 6.45) is 1.40. The minimum absolute atomic E-state index is 0.000652. The highest BCUT2D eigenvalue weighted by atomic mass is 16.6. The summed E-state index contributed by atoms with van der Waals surface area (Å²) in [6, 6.07) is 5.24. The highest BCUT2D eigenvalue weighted by molar-refractivity contribution is 6.05. The standard InChI is InChI=1S/C25H33N5O6/c1-4-5-8-28(21-22(26)30(13-15(2)3)25(34)27-23(21)32)24(33)16-11-20(31)29(14-16)17-6-7-18-19(12-17)36-10-9-35-18/h6-7,12,15-16H,4-5,8-11,13-14,26H2,1-3H3,(H,27,32,34)/t16-/m1/s1. The summed E-state index contributed by atoms with van der Waals surface area (Å²) >= 11 is 0. The van der Waals surface area contributed by atoms with Gasteiger partial charge in [0.1, 0.15) is 19.0 Å². The van der Waals surface area contributed by atoms with Crippen LogP contribution in [0.15, 0.2) is 27.8 Å². The van der Waals surface area contributed by atoms with Crippen LogP contribution in [0.5, 0.6) is 11.5 Å². The van der Waals surface area contributed by atoms with Crippen molar-refractivity contribution < 1.29 is 19.1 Å². The molecule has 2 aromatic rings. The lowest BCUT2D eigenvalue weighted by Crippen LogP contribution is -2.44. The molecule has 0 radical (unpaired) electrons.